The maximum Gasteiger partial charge on any atom is 0.321 e. The predicted octanol–water partition coefficient (Wildman–Crippen LogP) is 3.53. The van der Waals surface area contributed by atoms with Gasteiger partial charge in [-0.1, -0.05) is 0 Å². The van der Waals surface area contributed by atoms with Crippen LogP contribution in [0.25, 0.3) is 33.4 Å². The second-order valence-corrected chi connectivity index (χ2v) is 7.16. The van der Waals surface area contributed by atoms with E-state index in [4.69, 9.17) is 4.74 Å². The Morgan fingerprint density at radius 1 is 1.16 bits per heavy atom. The lowest BCUT2D eigenvalue weighted by Gasteiger charge is -2.09. The minimum Gasteiger partial charge on any atom is -0.494 e. The highest BCUT2D eigenvalue weighted by atomic mass is 16.5. The molecule has 0 aliphatic heterocycles. The molecule has 9 nitrogen and oxygen atoms in total. The van der Waals surface area contributed by atoms with Gasteiger partial charge in [-0.05, 0) is 49.2 Å². The Bertz CT molecular complexity index is 1340. The molecular formula is C23H24N6O3. The Labute approximate surface area is 184 Å². The number of imidazole rings is 1. The van der Waals surface area contributed by atoms with Crippen molar-refractivity contribution in [2.45, 2.75) is 13.8 Å². The first-order valence-electron chi connectivity index (χ1n) is 10.3. The number of H-pyrrole nitrogens is 1. The molecule has 32 heavy (non-hydrogen) atoms. The number of nitrogens with one attached hydrogen (secondary N) is 3. The average Bonchev–Trinajstić information content (AvgIpc) is 3.17. The Morgan fingerprint density at radius 3 is 2.75 bits per heavy atom. The maximum absolute atomic E-state index is 12.2. The van der Waals surface area contributed by atoms with Crippen LogP contribution in [0.2, 0.25) is 0 Å². The highest BCUT2D eigenvalue weighted by Gasteiger charge is 2.15. The molecule has 3 aromatic heterocycles. The van der Waals surface area contributed by atoms with Crippen LogP contribution in [0.15, 0.2) is 53.6 Å². The number of hydrogen-bond acceptors (Lipinski definition) is 5. The lowest BCUT2D eigenvalue weighted by Crippen LogP contribution is -2.28. The number of rotatable bonds is 6. The van der Waals surface area contributed by atoms with E-state index >= 15 is 0 Å². The van der Waals surface area contributed by atoms with Crippen LogP contribution in [0.1, 0.15) is 13.8 Å². The number of aromatic amines is 1. The van der Waals surface area contributed by atoms with Crippen LogP contribution >= 0.6 is 0 Å². The predicted molar refractivity (Wildman–Crippen MR) is 124 cm³/mol. The zero-order valence-corrected chi connectivity index (χ0v) is 18.1. The second-order valence-electron chi connectivity index (χ2n) is 7.16. The number of nitrogens with zero attached hydrogens (tertiary/aromatic N) is 3. The number of ether oxygens (including phenoxy) is 1. The fourth-order valence-electron chi connectivity index (χ4n) is 3.39. The standard InChI is InChI=1S/C23H24N6O3/c1-4-24-23(31)28-22-26-19-11-15(14-7-9-29(3)20(30)12-14)10-17(21(19)27-22)18-13-16(32-5-2)6-8-25-18/h6-13H,4-5H2,1-3H3,(H3,24,26,27,28,31). The number of hydrogen-bond donors (Lipinski definition) is 3. The molecule has 164 valence electrons. The summed E-state index contributed by atoms with van der Waals surface area (Å²) in [5.74, 6) is 1.01. The molecule has 0 spiro atoms. The third kappa shape index (κ3) is 4.31. The first-order chi connectivity index (χ1) is 15.5. The smallest absolute Gasteiger partial charge is 0.321 e. The largest absolute Gasteiger partial charge is 0.494 e. The van der Waals surface area contributed by atoms with Crippen molar-refractivity contribution >= 4 is 23.0 Å². The summed E-state index contributed by atoms with van der Waals surface area (Å²) < 4.78 is 7.15. The van der Waals surface area contributed by atoms with Gasteiger partial charge in [0.05, 0.1) is 23.3 Å². The molecule has 0 aliphatic carbocycles. The van der Waals surface area contributed by atoms with E-state index in [-0.39, 0.29) is 11.6 Å². The third-order valence-corrected chi connectivity index (χ3v) is 4.91. The fourth-order valence-corrected chi connectivity index (χ4v) is 3.39. The molecule has 1 aromatic carbocycles. The van der Waals surface area contributed by atoms with E-state index < -0.39 is 0 Å². The van der Waals surface area contributed by atoms with Crippen molar-refractivity contribution in [3.8, 4) is 28.1 Å². The molecule has 0 saturated carbocycles. The van der Waals surface area contributed by atoms with Gasteiger partial charge in [-0.25, -0.2) is 9.78 Å². The molecular weight excluding hydrogens is 408 g/mol. The topological polar surface area (TPSA) is 114 Å². The number of carbonyl (C=O) groups excluding carboxylic acids is 1. The monoisotopic (exact) mass is 432 g/mol. The number of benzene rings is 1. The summed E-state index contributed by atoms with van der Waals surface area (Å²) in [5, 5.41) is 5.38. The van der Waals surface area contributed by atoms with Crippen molar-refractivity contribution in [1.29, 1.82) is 0 Å². The van der Waals surface area contributed by atoms with Crippen molar-refractivity contribution in [2.24, 2.45) is 7.05 Å². The molecule has 0 atom stereocenters. The minimum absolute atomic E-state index is 0.108. The van der Waals surface area contributed by atoms with E-state index in [1.165, 1.54) is 4.57 Å². The maximum atomic E-state index is 12.2. The molecule has 3 N–H and O–H groups in total. The molecule has 3 heterocycles. The van der Waals surface area contributed by atoms with E-state index in [2.05, 4.69) is 25.6 Å². The molecule has 0 fully saturated rings. The Balaban J connectivity index is 1.89. The molecule has 0 bridgehead atoms. The van der Waals surface area contributed by atoms with E-state index in [1.807, 2.05) is 38.1 Å². The number of pyridine rings is 2. The number of fused-ring (bicyclic) bond motifs is 1. The molecule has 0 aliphatic rings. The zero-order valence-electron chi connectivity index (χ0n) is 18.1. The van der Waals surface area contributed by atoms with Crippen LogP contribution in [0.3, 0.4) is 0 Å². The van der Waals surface area contributed by atoms with Crippen molar-refractivity contribution in [3.05, 3.63) is 59.1 Å². The number of amides is 2. The lowest BCUT2D eigenvalue weighted by atomic mass is 10.0. The molecule has 0 radical (unpaired) electrons. The van der Waals surface area contributed by atoms with Gasteiger partial charge < -0.3 is 19.6 Å². The Kier molecular flexibility index (Phi) is 5.89. The molecule has 9 heteroatoms. The molecule has 0 saturated heterocycles. The lowest BCUT2D eigenvalue weighted by molar-refractivity contribution is 0.252. The van der Waals surface area contributed by atoms with Crippen LogP contribution < -0.4 is 20.9 Å². The van der Waals surface area contributed by atoms with Crippen LogP contribution in [-0.2, 0) is 7.05 Å². The van der Waals surface area contributed by atoms with Gasteiger partial charge in [0.2, 0.25) is 5.95 Å². The summed E-state index contributed by atoms with van der Waals surface area (Å²) in [4.78, 5) is 36.4. The second kappa shape index (κ2) is 8.93. The van der Waals surface area contributed by atoms with Gasteiger partial charge in [-0.3, -0.25) is 15.1 Å². The van der Waals surface area contributed by atoms with Gasteiger partial charge in [0.1, 0.15) is 5.75 Å². The number of carbonyl (C=O) groups is 1. The van der Waals surface area contributed by atoms with Gasteiger partial charge in [-0.15, -0.1) is 0 Å². The van der Waals surface area contributed by atoms with E-state index in [9.17, 15) is 9.59 Å². The van der Waals surface area contributed by atoms with E-state index in [0.29, 0.717) is 41.6 Å². The number of anilines is 1. The van der Waals surface area contributed by atoms with Crippen molar-refractivity contribution in [1.82, 2.24) is 24.8 Å². The van der Waals surface area contributed by atoms with Gasteiger partial charge in [0.15, 0.2) is 0 Å². The SMILES string of the molecule is CCNC(=O)Nc1nc2c(-c3cc(OCC)ccn3)cc(-c3ccn(C)c(=O)c3)cc2[nH]1. The average molecular weight is 432 g/mol. The van der Waals surface area contributed by atoms with Crippen molar-refractivity contribution in [3.63, 3.8) is 0 Å². The molecule has 4 rings (SSSR count). The minimum atomic E-state index is -0.351. The summed E-state index contributed by atoms with van der Waals surface area (Å²) in [6.07, 6.45) is 3.40. The first-order valence-corrected chi connectivity index (χ1v) is 10.3. The van der Waals surface area contributed by atoms with Crippen LogP contribution in [0, 0.1) is 0 Å². The third-order valence-electron chi connectivity index (χ3n) is 4.91. The molecule has 0 unspecified atom stereocenters. The summed E-state index contributed by atoms with van der Waals surface area (Å²) in [7, 11) is 1.71. The zero-order chi connectivity index (χ0) is 22.7. The van der Waals surface area contributed by atoms with Gasteiger partial charge in [-0.2, -0.15) is 0 Å². The van der Waals surface area contributed by atoms with Crippen LogP contribution in [-0.4, -0.2) is 38.7 Å². The van der Waals surface area contributed by atoms with Crippen LogP contribution in [0.4, 0.5) is 10.7 Å². The highest BCUT2D eigenvalue weighted by Crippen LogP contribution is 2.33. The fraction of sp³-hybridized carbons (Fsp3) is 0.217. The Morgan fingerprint density at radius 2 is 2.00 bits per heavy atom. The van der Waals surface area contributed by atoms with Crippen molar-refractivity contribution < 1.29 is 9.53 Å². The first kappa shape index (κ1) is 21.1. The number of aryl methyl sites for hydroxylation is 1. The number of aromatic nitrogens is 4. The van der Waals surface area contributed by atoms with Gasteiger partial charge >= 0.3 is 6.03 Å². The summed E-state index contributed by atoms with van der Waals surface area (Å²) in [6, 6.07) is 10.6. The number of urea groups is 1. The van der Waals surface area contributed by atoms with Crippen LogP contribution in [0.5, 0.6) is 5.75 Å². The van der Waals surface area contributed by atoms with Gasteiger partial charge in [0.25, 0.3) is 5.56 Å². The quantitative estimate of drug-likeness (QED) is 0.431. The summed E-state index contributed by atoms with van der Waals surface area (Å²) >= 11 is 0. The summed E-state index contributed by atoms with van der Waals surface area (Å²) in [6.45, 7) is 4.79. The van der Waals surface area contributed by atoms with E-state index in [1.54, 1.807) is 31.6 Å². The molecule has 2 amide bonds. The summed E-state index contributed by atoms with van der Waals surface area (Å²) in [5.41, 5.74) is 4.25. The molecule has 4 aromatic rings. The van der Waals surface area contributed by atoms with E-state index in [0.717, 1.165) is 16.7 Å². The van der Waals surface area contributed by atoms with Gasteiger partial charge in [0, 0.05) is 43.7 Å². The highest BCUT2D eigenvalue weighted by molar-refractivity contribution is 5.98. The Hall–Kier alpha value is -4.14. The van der Waals surface area contributed by atoms with Crippen molar-refractivity contribution in [2.75, 3.05) is 18.5 Å². The normalized spacial score (nSPS) is 10.8.